The van der Waals surface area contributed by atoms with Crippen molar-refractivity contribution in [2.24, 2.45) is 10.7 Å². The van der Waals surface area contributed by atoms with Crippen LogP contribution in [0.25, 0.3) is 0 Å². The molecular formula is C15H16F2N6O2S. The molecule has 0 saturated heterocycles. The molecular weight excluding hydrogens is 366 g/mol. The van der Waals surface area contributed by atoms with Gasteiger partial charge >= 0.3 is 0 Å². The molecule has 26 heavy (non-hydrogen) atoms. The lowest BCUT2D eigenvalue weighted by Gasteiger charge is -2.11. The molecule has 0 fully saturated rings. The van der Waals surface area contributed by atoms with Crippen LogP contribution in [0.4, 0.5) is 20.5 Å². The fourth-order valence-corrected chi connectivity index (χ4v) is 2.51. The highest BCUT2D eigenvalue weighted by Gasteiger charge is 2.12. The van der Waals surface area contributed by atoms with E-state index < -0.39 is 22.7 Å². The lowest BCUT2D eigenvalue weighted by atomic mass is 10.2. The van der Waals surface area contributed by atoms with E-state index in [1.165, 1.54) is 18.5 Å². The Hall–Kier alpha value is -2.92. The van der Waals surface area contributed by atoms with Gasteiger partial charge in [0, 0.05) is 26.0 Å². The highest BCUT2D eigenvalue weighted by Crippen LogP contribution is 2.18. The molecule has 2 aromatic rings. The Labute approximate surface area is 150 Å². The molecule has 1 aromatic carbocycles. The van der Waals surface area contributed by atoms with Crippen LogP contribution in [-0.4, -0.2) is 32.0 Å². The van der Waals surface area contributed by atoms with Gasteiger partial charge in [-0.1, -0.05) is 0 Å². The number of allylic oxidation sites excluding steroid dienone is 1. The van der Waals surface area contributed by atoms with Crippen molar-refractivity contribution in [3.8, 4) is 0 Å². The van der Waals surface area contributed by atoms with Gasteiger partial charge in [0.25, 0.3) is 0 Å². The van der Waals surface area contributed by atoms with Crippen LogP contribution in [0.1, 0.15) is 5.56 Å². The van der Waals surface area contributed by atoms with Gasteiger partial charge in [-0.2, -0.15) is 4.98 Å². The SMILES string of the molecule is CN=C/C(=C\N)Nc1ncc(F)c(NCc2cc(F)ccc2S(=O)O)n1. The van der Waals surface area contributed by atoms with Crippen molar-refractivity contribution in [2.75, 3.05) is 17.7 Å². The number of benzene rings is 1. The quantitative estimate of drug-likeness (QED) is 0.425. The van der Waals surface area contributed by atoms with E-state index in [9.17, 15) is 17.5 Å². The average molecular weight is 382 g/mol. The Balaban J connectivity index is 2.21. The Morgan fingerprint density at radius 3 is 2.88 bits per heavy atom. The molecule has 2 rings (SSSR count). The van der Waals surface area contributed by atoms with Gasteiger partial charge in [0.2, 0.25) is 5.95 Å². The highest BCUT2D eigenvalue weighted by molar-refractivity contribution is 7.79. The van der Waals surface area contributed by atoms with Crippen molar-refractivity contribution < 1.29 is 17.5 Å². The molecule has 0 amide bonds. The van der Waals surface area contributed by atoms with Gasteiger partial charge in [-0.25, -0.2) is 18.0 Å². The first-order chi connectivity index (χ1) is 12.4. The summed E-state index contributed by atoms with van der Waals surface area (Å²) in [6, 6.07) is 3.34. The normalized spacial score (nSPS) is 13.0. The number of nitrogens with one attached hydrogen (secondary N) is 2. The molecule has 0 bridgehead atoms. The number of nitrogens with zero attached hydrogens (tertiary/aromatic N) is 3. The third-order valence-corrected chi connectivity index (χ3v) is 3.88. The Morgan fingerprint density at radius 2 is 2.23 bits per heavy atom. The lowest BCUT2D eigenvalue weighted by molar-refractivity contribution is 0.562. The Bertz CT molecular complexity index is 875. The maximum atomic E-state index is 13.9. The maximum absolute atomic E-state index is 13.9. The summed E-state index contributed by atoms with van der Waals surface area (Å²) in [5, 5.41) is 5.40. The summed E-state index contributed by atoms with van der Waals surface area (Å²) in [5.41, 5.74) is 6.01. The second-order valence-corrected chi connectivity index (χ2v) is 5.82. The van der Waals surface area contributed by atoms with Crippen LogP contribution < -0.4 is 16.4 Å². The summed E-state index contributed by atoms with van der Waals surface area (Å²) in [7, 11) is 1.55. The van der Waals surface area contributed by atoms with Gasteiger partial charge in [0.1, 0.15) is 5.82 Å². The van der Waals surface area contributed by atoms with Crippen molar-refractivity contribution in [2.45, 2.75) is 11.4 Å². The monoisotopic (exact) mass is 382 g/mol. The topological polar surface area (TPSA) is 126 Å². The number of hydrogen-bond acceptors (Lipinski definition) is 7. The standard InChI is InChI=1S/C15H16F2N6O2S/c1-19-7-11(5-18)22-15-21-8-12(17)14(23-15)20-6-9-4-10(16)2-3-13(9)26(24)25/h2-5,7-8H,6,18H2,1H3,(H,24,25)(H2,20,21,22,23)/b11-5+,19-7?. The van der Waals surface area contributed by atoms with E-state index in [0.717, 1.165) is 18.3 Å². The molecule has 1 unspecified atom stereocenters. The molecule has 5 N–H and O–H groups in total. The van der Waals surface area contributed by atoms with Crippen LogP contribution in [0.3, 0.4) is 0 Å². The number of rotatable bonds is 7. The van der Waals surface area contributed by atoms with Crippen molar-refractivity contribution in [3.05, 3.63) is 53.5 Å². The third kappa shape index (κ3) is 5.04. The van der Waals surface area contributed by atoms with Crippen molar-refractivity contribution in [1.82, 2.24) is 9.97 Å². The minimum absolute atomic E-state index is 0.0132. The third-order valence-electron chi connectivity index (χ3n) is 3.10. The minimum Gasteiger partial charge on any atom is -0.403 e. The van der Waals surface area contributed by atoms with Crippen LogP contribution in [-0.2, 0) is 17.6 Å². The Morgan fingerprint density at radius 1 is 1.46 bits per heavy atom. The Kier molecular flexibility index (Phi) is 6.69. The van der Waals surface area contributed by atoms with E-state index in [2.05, 4.69) is 25.6 Å². The minimum atomic E-state index is -2.31. The summed E-state index contributed by atoms with van der Waals surface area (Å²) in [6.07, 6.45) is 3.60. The second-order valence-electron chi connectivity index (χ2n) is 4.88. The maximum Gasteiger partial charge on any atom is 0.229 e. The van der Waals surface area contributed by atoms with Gasteiger partial charge in [-0.3, -0.25) is 4.99 Å². The van der Waals surface area contributed by atoms with Gasteiger partial charge < -0.3 is 20.9 Å². The predicted molar refractivity (Wildman–Crippen MR) is 95.1 cm³/mol. The zero-order valence-corrected chi connectivity index (χ0v) is 14.4. The van der Waals surface area contributed by atoms with E-state index >= 15 is 0 Å². The van der Waals surface area contributed by atoms with E-state index in [1.54, 1.807) is 7.05 Å². The molecule has 0 aliphatic carbocycles. The van der Waals surface area contributed by atoms with Crippen molar-refractivity contribution in [1.29, 1.82) is 0 Å². The summed E-state index contributed by atoms with van der Waals surface area (Å²) >= 11 is -2.31. The number of hydrogen-bond donors (Lipinski definition) is 4. The molecule has 1 aromatic heterocycles. The van der Waals surface area contributed by atoms with Gasteiger partial charge in [-0.05, 0) is 23.8 Å². The molecule has 1 heterocycles. The number of nitrogens with two attached hydrogens (primary N) is 1. The summed E-state index contributed by atoms with van der Waals surface area (Å²) in [4.78, 5) is 11.5. The number of aliphatic imine (C=N–C) groups is 1. The van der Waals surface area contributed by atoms with Gasteiger partial charge in [-0.15, -0.1) is 0 Å². The summed E-state index contributed by atoms with van der Waals surface area (Å²) in [5.74, 6) is -1.46. The van der Waals surface area contributed by atoms with E-state index in [1.807, 2.05) is 0 Å². The summed E-state index contributed by atoms with van der Waals surface area (Å²) < 4.78 is 47.9. The molecule has 0 spiro atoms. The first kappa shape index (κ1) is 19.4. The zero-order chi connectivity index (χ0) is 19.1. The van der Waals surface area contributed by atoms with Crippen molar-refractivity contribution >= 4 is 29.1 Å². The van der Waals surface area contributed by atoms with E-state index in [0.29, 0.717) is 5.70 Å². The first-order valence-electron chi connectivity index (χ1n) is 7.21. The number of anilines is 2. The fourth-order valence-electron chi connectivity index (χ4n) is 1.97. The molecule has 0 aliphatic heterocycles. The van der Waals surface area contributed by atoms with Crippen LogP contribution >= 0.6 is 0 Å². The van der Waals surface area contributed by atoms with Gasteiger partial charge in [0.15, 0.2) is 22.7 Å². The van der Waals surface area contributed by atoms with Crippen LogP contribution in [0.2, 0.25) is 0 Å². The predicted octanol–water partition coefficient (Wildman–Crippen LogP) is 1.86. The first-order valence-corrected chi connectivity index (χ1v) is 8.32. The lowest BCUT2D eigenvalue weighted by Crippen LogP contribution is -2.11. The second kappa shape index (κ2) is 8.97. The zero-order valence-electron chi connectivity index (χ0n) is 13.6. The fraction of sp³-hybridized carbons (Fsp3) is 0.133. The molecule has 138 valence electrons. The van der Waals surface area contributed by atoms with E-state index in [-0.39, 0.29) is 28.8 Å². The van der Waals surface area contributed by atoms with Crippen molar-refractivity contribution in [3.63, 3.8) is 0 Å². The summed E-state index contributed by atoms with van der Waals surface area (Å²) in [6.45, 7) is -0.122. The molecule has 11 heteroatoms. The highest BCUT2D eigenvalue weighted by atomic mass is 32.2. The van der Waals surface area contributed by atoms with Crippen LogP contribution in [0, 0.1) is 11.6 Å². The molecule has 0 radical (unpaired) electrons. The van der Waals surface area contributed by atoms with Gasteiger partial charge in [0.05, 0.1) is 16.8 Å². The molecule has 0 aliphatic rings. The van der Waals surface area contributed by atoms with Crippen LogP contribution in [0.5, 0.6) is 0 Å². The average Bonchev–Trinajstić information content (AvgIpc) is 2.61. The number of halogens is 2. The molecule has 0 saturated carbocycles. The molecule has 8 nitrogen and oxygen atoms in total. The largest absolute Gasteiger partial charge is 0.403 e. The smallest absolute Gasteiger partial charge is 0.229 e. The van der Waals surface area contributed by atoms with Crippen LogP contribution in [0.15, 0.2) is 46.2 Å². The van der Waals surface area contributed by atoms with E-state index in [4.69, 9.17) is 5.73 Å². The molecule has 1 atom stereocenters. The number of aromatic nitrogens is 2.